The Kier molecular flexibility index (Phi) is 7.22. The van der Waals surface area contributed by atoms with E-state index in [-0.39, 0.29) is 0 Å². The summed E-state index contributed by atoms with van der Waals surface area (Å²) in [6.07, 6.45) is 1.72. The summed E-state index contributed by atoms with van der Waals surface area (Å²) < 4.78 is 10.7. The number of methoxy groups -OCH3 is 2. The van der Waals surface area contributed by atoms with Crippen LogP contribution in [0.25, 0.3) is 11.2 Å². The molecule has 32 heavy (non-hydrogen) atoms. The number of pyridine rings is 1. The van der Waals surface area contributed by atoms with Crippen molar-refractivity contribution in [2.24, 2.45) is 0 Å². The van der Waals surface area contributed by atoms with Crippen LogP contribution in [0.2, 0.25) is 0 Å². The highest BCUT2D eigenvalue weighted by Gasteiger charge is 2.11. The minimum Gasteiger partial charge on any atom is -0.380 e. The lowest BCUT2D eigenvalue weighted by Crippen LogP contribution is -2.11. The van der Waals surface area contributed by atoms with E-state index in [9.17, 15) is 0 Å². The van der Waals surface area contributed by atoms with Crippen LogP contribution in [-0.2, 0) is 35.8 Å². The molecule has 2 aromatic carbocycles. The molecule has 0 bridgehead atoms. The maximum Gasteiger partial charge on any atom is 0.180 e. The lowest BCUT2D eigenvalue weighted by atomic mass is 10.1. The molecule has 0 radical (unpaired) electrons. The third-order valence-corrected chi connectivity index (χ3v) is 5.17. The third kappa shape index (κ3) is 5.19. The van der Waals surface area contributed by atoms with Gasteiger partial charge < -0.3 is 20.1 Å². The van der Waals surface area contributed by atoms with Gasteiger partial charge in [-0.05, 0) is 34.4 Å². The largest absolute Gasteiger partial charge is 0.380 e. The molecule has 0 saturated carbocycles. The summed E-state index contributed by atoms with van der Waals surface area (Å²) in [4.78, 5) is 13.9. The molecule has 4 aromatic rings. The number of hydrogen-bond donors (Lipinski definition) is 2. The van der Waals surface area contributed by atoms with Crippen LogP contribution in [-0.4, -0.2) is 29.2 Å². The topological polar surface area (TPSA) is 81.2 Å². The molecule has 2 aromatic heterocycles. The number of fused-ring (bicyclic) bond motifs is 1. The molecule has 4 rings (SSSR count). The van der Waals surface area contributed by atoms with E-state index in [1.807, 2.05) is 36.4 Å². The SMILES string of the molecule is COCc1ccccc1CNc1nc2cccnc2nc1NCc1ccccc1COC. The first-order valence-electron chi connectivity index (χ1n) is 10.5. The van der Waals surface area contributed by atoms with Crippen LogP contribution in [0, 0.1) is 0 Å². The van der Waals surface area contributed by atoms with E-state index in [4.69, 9.17) is 19.4 Å². The molecule has 7 nitrogen and oxygen atoms in total. The second-order valence-electron chi connectivity index (χ2n) is 7.38. The average Bonchev–Trinajstić information content (AvgIpc) is 2.83. The molecule has 0 fully saturated rings. The van der Waals surface area contributed by atoms with Gasteiger partial charge in [-0.25, -0.2) is 15.0 Å². The standard InChI is InChI=1S/C25H27N5O2/c1-31-16-20-10-5-3-8-18(20)14-27-24-25(30-23-22(29-24)12-7-13-26-23)28-15-19-9-4-6-11-21(19)17-32-2/h3-13H,14-17H2,1-2H3,(H,27,29)(H,26,28,30). The molecule has 0 aliphatic heterocycles. The number of benzene rings is 2. The van der Waals surface area contributed by atoms with Gasteiger partial charge in [-0.15, -0.1) is 0 Å². The molecule has 7 heteroatoms. The zero-order valence-corrected chi connectivity index (χ0v) is 18.3. The number of nitrogens with one attached hydrogen (secondary N) is 2. The van der Waals surface area contributed by atoms with E-state index in [1.54, 1.807) is 20.4 Å². The van der Waals surface area contributed by atoms with Crippen LogP contribution in [0.4, 0.5) is 11.6 Å². The van der Waals surface area contributed by atoms with Crippen LogP contribution in [0.1, 0.15) is 22.3 Å². The van der Waals surface area contributed by atoms with Crippen LogP contribution in [0.15, 0.2) is 66.9 Å². The van der Waals surface area contributed by atoms with Gasteiger partial charge in [0.15, 0.2) is 17.3 Å². The number of hydrogen-bond acceptors (Lipinski definition) is 7. The Hall–Kier alpha value is -3.55. The summed E-state index contributed by atoms with van der Waals surface area (Å²) in [5.74, 6) is 1.34. The van der Waals surface area contributed by atoms with Gasteiger partial charge >= 0.3 is 0 Å². The van der Waals surface area contributed by atoms with Gasteiger partial charge in [-0.3, -0.25) is 0 Å². The van der Waals surface area contributed by atoms with Crippen molar-refractivity contribution < 1.29 is 9.47 Å². The smallest absolute Gasteiger partial charge is 0.180 e. The van der Waals surface area contributed by atoms with Gasteiger partial charge in [0.25, 0.3) is 0 Å². The Morgan fingerprint density at radius 3 is 1.75 bits per heavy atom. The number of nitrogens with zero attached hydrogens (tertiary/aromatic N) is 3. The van der Waals surface area contributed by atoms with E-state index < -0.39 is 0 Å². The van der Waals surface area contributed by atoms with Crippen molar-refractivity contribution in [1.82, 2.24) is 15.0 Å². The van der Waals surface area contributed by atoms with E-state index in [1.165, 1.54) is 0 Å². The highest BCUT2D eigenvalue weighted by molar-refractivity contribution is 5.77. The van der Waals surface area contributed by atoms with Gasteiger partial charge in [-0.2, -0.15) is 0 Å². The summed E-state index contributed by atoms with van der Waals surface area (Å²) in [6, 6.07) is 20.2. The van der Waals surface area contributed by atoms with Gasteiger partial charge in [-0.1, -0.05) is 48.5 Å². The Morgan fingerprint density at radius 2 is 1.19 bits per heavy atom. The zero-order chi connectivity index (χ0) is 22.2. The van der Waals surface area contributed by atoms with Crippen molar-refractivity contribution in [1.29, 1.82) is 0 Å². The van der Waals surface area contributed by atoms with Crippen molar-refractivity contribution in [2.45, 2.75) is 26.3 Å². The lowest BCUT2D eigenvalue weighted by Gasteiger charge is -2.15. The van der Waals surface area contributed by atoms with E-state index in [0.29, 0.717) is 43.6 Å². The minimum absolute atomic E-state index is 0.560. The van der Waals surface area contributed by atoms with Crippen LogP contribution < -0.4 is 10.6 Å². The van der Waals surface area contributed by atoms with Crippen molar-refractivity contribution in [3.63, 3.8) is 0 Å². The number of ether oxygens (including phenoxy) is 2. The summed E-state index contributed by atoms with van der Waals surface area (Å²) in [5, 5.41) is 6.89. The molecule has 0 unspecified atom stereocenters. The van der Waals surface area contributed by atoms with Crippen molar-refractivity contribution in [3.8, 4) is 0 Å². The van der Waals surface area contributed by atoms with Gasteiger partial charge in [0.05, 0.1) is 13.2 Å². The lowest BCUT2D eigenvalue weighted by molar-refractivity contribution is 0.184. The van der Waals surface area contributed by atoms with Gasteiger partial charge in [0.1, 0.15) is 5.52 Å². The second-order valence-corrected chi connectivity index (χ2v) is 7.38. The second kappa shape index (κ2) is 10.7. The molecule has 0 spiro atoms. The molecule has 2 N–H and O–H groups in total. The summed E-state index contributed by atoms with van der Waals surface area (Å²) in [7, 11) is 3.41. The third-order valence-electron chi connectivity index (χ3n) is 5.17. The van der Waals surface area contributed by atoms with Crippen molar-refractivity contribution in [3.05, 3.63) is 89.1 Å². The molecule has 164 valence electrons. The van der Waals surface area contributed by atoms with E-state index >= 15 is 0 Å². The fraction of sp³-hybridized carbons (Fsp3) is 0.240. The van der Waals surface area contributed by atoms with Crippen molar-refractivity contribution >= 4 is 22.8 Å². The van der Waals surface area contributed by atoms with E-state index in [2.05, 4.69) is 39.9 Å². The monoisotopic (exact) mass is 429 g/mol. The van der Waals surface area contributed by atoms with Crippen molar-refractivity contribution in [2.75, 3.05) is 24.9 Å². The molecule has 0 aliphatic carbocycles. The molecule has 0 saturated heterocycles. The Morgan fingerprint density at radius 1 is 0.656 bits per heavy atom. The first kappa shape index (κ1) is 21.7. The Bertz CT molecular complexity index is 1090. The maximum absolute atomic E-state index is 5.33. The quantitative estimate of drug-likeness (QED) is 0.383. The molecule has 0 amide bonds. The van der Waals surface area contributed by atoms with Gasteiger partial charge in [0.2, 0.25) is 0 Å². The summed E-state index contributed by atoms with van der Waals surface area (Å²) in [5.41, 5.74) is 5.92. The fourth-order valence-corrected chi connectivity index (χ4v) is 3.55. The first-order valence-corrected chi connectivity index (χ1v) is 10.5. The first-order chi connectivity index (χ1) is 15.8. The Balaban J connectivity index is 1.60. The van der Waals surface area contributed by atoms with Crippen LogP contribution in [0.5, 0.6) is 0 Å². The maximum atomic E-state index is 5.33. The normalized spacial score (nSPS) is 10.9. The Labute approximate surface area is 187 Å². The zero-order valence-electron chi connectivity index (χ0n) is 18.3. The molecule has 0 aliphatic rings. The number of aromatic nitrogens is 3. The van der Waals surface area contributed by atoms with E-state index in [0.717, 1.165) is 27.8 Å². The van der Waals surface area contributed by atoms with Gasteiger partial charge in [0, 0.05) is 33.5 Å². The predicted molar refractivity (Wildman–Crippen MR) is 126 cm³/mol. The number of rotatable bonds is 10. The molecular weight excluding hydrogens is 402 g/mol. The van der Waals surface area contributed by atoms with Crippen LogP contribution in [0.3, 0.4) is 0 Å². The fourth-order valence-electron chi connectivity index (χ4n) is 3.55. The average molecular weight is 430 g/mol. The molecular formula is C25H27N5O2. The van der Waals surface area contributed by atoms with Crippen LogP contribution >= 0.6 is 0 Å². The minimum atomic E-state index is 0.560. The molecule has 2 heterocycles. The summed E-state index contributed by atoms with van der Waals surface area (Å²) in [6.45, 7) is 2.33. The highest BCUT2D eigenvalue weighted by Crippen LogP contribution is 2.23. The number of anilines is 2. The predicted octanol–water partition coefficient (Wildman–Crippen LogP) is 4.54. The summed E-state index contributed by atoms with van der Waals surface area (Å²) >= 11 is 0. The molecule has 0 atom stereocenters. The highest BCUT2D eigenvalue weighted by atomic mass is 16.5.